The minimum atomic E-state index is 0.372. The molecule has 0 atom stereocenters. The van der Waals surface area contributed by atoms with Crippen LogP contribution in [0.2, 0.25) is 0 Å². The van der Waals surface area contributed by atoms with E-state index in [0.717, 1.165) is 6.42 Å². The molecule has 0 aromatic heterocycles. The van der Waals surface area contributed by atoms with E-state index in [2.05, 4.69) is 6.92 Å². The van der Waals surface area contributed by atoms with Gasteiger partial charge < -0.3 is 5.11 Å². The lowest BCUT2D eigenvalue weighted by molar-refractivity contribution is 0.282. The average molecular weight is 216 g/mol. The second kappa shape index (κ2) is 19.5. The van der Waals surface area contributed by atoms with E-state index in [1.807, 2.05) is 13.8 Å². The van der Waals surface area contributed by atoms with Crippen LogP contribution < -0.4 is 0 Å². The second-order valence-corrected chi connectivity index (χ2v) is 3.91. The zero-order valence-corrected chi connectivity index (χ0v) is 11.2. The van der Waals surface area contributed by atoms with Gasteiger partial charge in [-0.05, 0) is 6.42 Å². The first-order valence-corrected chi connectivity index (χ1v) is 7.02. The minimum absolute atomic E-state index is 0.372. The smallest absolute Gasteiger partial charge is 0.0431 e. The van der Waals surface area contributed by atoms with Gasteiger partial charge in [-0.1, -0.05) is 78.6 Å². The van der Waals surface area contributed by atoms with Crippen LogP contribution >= 0.6 is 0 Å². The first kappa shape index (κ1) is 17.4. The van der Waals surface area contributed by atoms with Gasteiger partial charge >= 0.3 is 0 Å². The lowest BCUT2D eigenvalue weighted by atomic mass is 10.1. The van der Waals surface area contributed by atoms with Crippen molar-refractivity contribution in [2.45, 2.75) is 85.0 Å². The summed E-state index contributed by atoms with van der Waals surface area (Å²) in [7, 11) is 0. The molecule has 0 aliphatic rings. The SMILES string of the molecule is CC.CCCCCCCCCCCCO. The average Bonchev–Trinajstić information content (AvgIpc) is 2.30. The zero-order valence-electron chi connectivity index (χ0n) is 11.2. The molecular weight excluding hydrogens is 184 g/mol. The molecule has 0 bridgehead atoms. The van der Waals surface area contributed by atoms with Crippen molar-refractivity contribution in [3.8, 4) is 0 Å². The first-order valence-electron chi connectivity index (χ1n) is 7.02. The molecule has 1 heteroatoms. The Morgan fingerprint density at radius 1 is 0.600 bits per heavy atom. The summed E-state index contributed by atoms with van der Waals surface area (Å²) in [5.74, 6) is 0. The van der Waals surface area contributed by atoms with Crippen LogP contribution in [0.25, 0.3) is 0 Å². The van der Waals surface area contributed by atoms with Crippen LogP contribution in [-0.4, -0.2) is 11.7 Å². The van der Waals surface area contributed by atoms with E-state index in [4.69, 9.17) is 5.11 Å². The van der Waals surface area contributed by atoms with Crippen molar-refractivity contribution in [2.75, 3.05) is 6.61 Å². The third-order valence-electron chi connectivity index (χ3n) is 2.51. The molecule has 1 nitrogen and oxygen atoms in total. The largest absolute Gasteiger partial charge is 0.396 e. The topological polar surface area (TPSA) is 20.2 Å². The van der Waals surface area contributed by atoms with E-state index in [-0.39, 0.29) is 0 Å². The zero-order chi connectivity index (χ0) is 11.8. The van der Waals surface area contributed by atoms with Gasteiger partial charge in [-0.25, -0.2) is 0 Å². The second-order valence-electron chi connectivity index (χ2n) is 3.91. The Morgan fingerprint density at radius 2 is 0.933 bits per heavy atom. The van der Waals surface area contributed by atoms with E-state index in [9.17, 15) is 0 Å². The van der Waals surface area contributed by atoms with Crippen molar-refractivity contribution in [3.63, 3.8) is 0 Å². The molecule has 0 aromatic rings. The van der Waals surface area contributed by atoms with E-state index < -0.39 is 0 Å². The monoisotopic (exact) mass is 216 g/mol. The molecule has 1 N–H and O–H groups in total. The fourth-order valence-electron chi connectivity index (χ4n) is 1.60. The summed E-state index contributed by atoms with van der Waals surface area (Å²) in [6, 6.07) is 0. The van der Waals surface area contributed by atoms with Crippen LogP contribution in [0, 0.1) is 0 Å². The molecule has 0 aliphatic carbocycles. The summed E-state index contributed by atoms with van der Waals surface area (Å²) in [4.78, 5) is 0. The number of aliphatic hydroxyl groups excluding tert-OH is 1. The lowest BCUT2D eigenvalue weighted by Gasteiger charge is -2.00. The van der Waals surface area contributed by atoms with Crippen LogP contribution in [0.4, 0.5) is 0 Å². The third-order valence-corrected chi connectivity index (χ3v) is 2.51. The summed E-state index contributed by atoms with van der Waals surface area (Å²) < 4.78 is 0. The summed E-state index contributed by atoms with van der Waals surface area (Å²) in [6.07, 6.45) is 13.3. The van der Waals surface area contributed by atoms with Crippen LogP contribution in [0.1, 0.15) is 85.0 Å². The van der Waals surface area contributed by atoms with Gasteiger partial charge in [0.2, 0.25) is 0 Å². The van der Waals surface area contributed by atoms with Crippen LogP contribution in [0.15, 0.2) is 0 Å². The van der Waals surface area contributed by atoms with E-state index in [1.165, 1.54) is 57.8 Å². The summed E-state index contributed by atoms with van der Waals surface area (Å²) >= 11 is 0. The van der Waals surface area contributed by atoms with Crippen molar-refractivity contribution in [1.29, 1.82) is 0 Å². The molecule has 94 valence electrons. The van der Waals surface area contributed by atoms with Gasteiger partial charge in [-0.3, -0.25) is 0 Å². The van der Waals surface area contributed by atoms with Crippen molar-refractivity contribution in [2.24, 2.45) is 0 Å². The van der Waals surface area contributed by atoms with Crippen molar-refractivity contribution < 1.29 is 5.11 Å². The van der Waals surface area contributed by atoms with E-state index in [1.54, 1.807) is 0 Å². The first-order chi connectivity index (χ1) is 7.41. The fraction of sp³-hybridized carbons (Fsp3) is 1.00. The highest BCUT2D eigenvalue weighted by atomic mass is 16.2. The Labute approximate surface area is 97.3 Å². The Kier molecular flexibility index (Phi) is 22.6. The molecule has 0 aliphatic heterocycles. The van der Waals surface area contributed by atoms with Crippen molar-refractivity contribution >= 4 is 0 Å². The Bertz CT molecular complexity index is 71.4. The summed E-state index contributed by atoms with van der Waals surface area (Å²) in [5.41, 5.74) is 0. The molecule has 0 amide bonds. The standard InChI is InChI=1S/C12H26O.C2H6/c1-2-3-4-5-6-7-8-9-10-11-12-13;1-2/h13H,2-12H2,1H3;1-2H3. The van der Waals surface area contributed by atoms with Crippen molar-refractivity contribution in [3.05, 3.63) is 0 Å². The van der Waals surface area contributed by atoms with Gasteiger partial charge in [0.25, 0.3) is 0 Å². The Morgan fingerprint density at radius 3 is 1.27 bits per heavy atom. The van der Waals surface area contributed by atoms with Crippen LogP contribution in [0.5, 0.6) is 0 Å². The molecular formula is C14H32O. The maximum atomic E-state index is 8.57. The molecule has 0 unspecified atom stereocenters. The molecule has 0 aromatic carbocycles. The van der Waals surface area contributed by atoms with Gasteiger partial charge in [0.05, 0.1) is 0 Å². The van der Waals surface area contributed by atoms with E-state index in [0.29, 0.717) is 6.61 Å². The summed E-state index contributed by atoms with van der Waals surface area (Å²) in [5, 5.41) is 8.57. The van der Waals surface area contributed by atoms with Crippen LogP contribution in [-0.2, 0) is 0 Å². The van der Waals surface area contributed by atoms with Gasteiger partial charge in [0.15, 0.2) is 0 Å². The van der Waals surface area contributed by atoms with Gasteiger partial charge in [-0.15, -0.1) is 0 Å². The molecule has 0 radical (unpaired) electrons. The van der Waals surface area contributed by atoms with Crippen LogP contribution in [0.3, 0.4) is 0 Å². The fourth-order valence-corrected chi connectivity index (χ4v) is 1.60. The predicted molar refractivity (Wildman–Crippen MR) is 70.3 cm³/mol. The molecule has 0 heterocycles. The number of hydrogen-bond donors (Lipinski definition) is 1. The highest BCUT2D eigenvalue weighted by Gasteiger charge is 1.91. The Hall–Kier alpha value is -0.0400. The number of unbranched alkanes of at least 4 members (excludes halogenated alkanes) is 9. The van der Waals surface area contributed by atoms with Crippen molar-refractivity contribution in [1.82, 2.24) is 0 Å². The highest BCUT2D eigenvalue weighted by Crippen LogP contribution is 2.09. The number of rotatable bonds is 10. The third kappa shape index (κ3) is 20.1. The highest BCUT2D eigenvalue weighted by molar-refractivity contribution is 4.46. The lowest BCUT2D eigenvalue weighted by Crippen LogP contribution is -1.84. The minimum Gasteiger partial charge on any atom is -0.396 e. The molecule has 0 spiro atoms. The molecule has 0 fully saturated rings. The van der Waals surface area contributed by atoms with Gasteiger partial charge in [-0.2, -0.15) is 0 Å². The normalized spacial score (nSPS) is 9.60. The maximum Gasteiger partial charge on any atom is 0.0431 e. The predicted octanol–water partition coefficient (Wildman–Crippen LogP) is 4.93. The Balaban J connectivity index is 0. The summed E-state index contributed by atoms with van der Waals surface area (Å²) in [6.45, 7) is 6.63. The quantitative estimate of drug-likeness (QED) is 0.514. The van der Waals surface area contributed by atoms with Gasteiger partial charge in [0, 0.05) is 6.61 Å². The number of aliphatic hydroxyl groups is 1. The molecule has 15 heavy (non-hydrogen) atoms. The van der Waals surface area contributed by atoms with E-state index >= 15 is 0 Å². The molecule has 0 saturated carbocycles. The maximum absolute atomic E-state index is 8.57. The molecule has 0 rings (SSSR count). The van der Waals surface area contributed by atoms with Gasteiger partial charge in [0.1, 0.15) is 0 Å². The molecule has 0 saturated heterocycles. The number of hydrogen-bond acceptors (Lipinski definition) is 1.